The van der Waals surface area contributed by atoms with E-state index in [2.05, 4.69) is 10.6 Å². The first-order chi connectivity index (χ1) is 9.65. The standard InChI is InChI=1S/C14H21N3O3/c18-12-6-5-10(8-15-12)16-13(19)11-2-1-7-17(11)14(20)9-3-4-9/h9-11H,1-8H2,(H,15,18)(H,16,19). The first-order valence-electron chi connectivity index (χ1n) is 7.52. The zero-order valence-electron chi connectivity index (χ0n) is 11.6. The molecule has 1 saturated carbocycles. The van der Waals surface area contributed by atoms with E-state index in [1.165, 1.54) is 0 Å². The van der Waals surface area contributed by atoms with Gasteiger partial charge in [-0.25, -0.2) is 0 Å². The van der Waals surface area contributed by atoms with Crippen molar-refractivity contribution >= 4 is 17.7 Å². The van der Waals surface area contributed by atoms with Gasteiger partial charge in [0.2, 0.25) is 17.7 Å². The molecule has 20 heavy (non-hydrogen) atoms. The largest absolute Gasteiger partial charge is 0.354 e. The summed E-state index contributed by atoms with van der Waals surface area (Å²) < 4.78 is 0. The molecule has 2 unspecified atom stereocenters. The van der Waals surface area contributed by atoms with Crippen molar-refractivity contribution in [3.63, 3.8) is 0 Å². The average molecular weight is 279 g/mol. The molecule has 3 aliphatic rings. The number of nitrogens with one attached hydrogen (secondary N) is 2. The highest BCUT2D eigenvalue weighted by Gasteiger charge is 2.41. The monoisotopic (exact) mass is 279 g/mol. The SMILES string of the molecule is O=C1CCC(NC(=O)C2CCCN2C(=O)C2CC2)CN1. The van der Waals surface area contributed by atoms with Gasteiger partial charge in [0.15, 0.2) is 0 Å². The van der Waals surface area contributed by atoms with E-state index in [0.29, 0.717) is 25.9 Å². The molecule has 3 rings (SSSR count). The molecule has 1 aliphatic carbocycles. The van der Waals surface area contributed by atoms with Crippen LogP contribution in [-0.2, 0) is 14.4 Å². The normalized spacial score (nSPS) is 30.0. The summed E-state index contributed by atoms with van der Waals surface area (Å²) in [5.41, 5.74) is 0. The number of carbonyl (C=O) groups is 3. The number of amides is 3. The van der Waals surface area contributed by atoms with Crippen molar-refractivity contribution in [3.05, 3.63) is 0 Å². The summed E-state index contributed by atoms with van der Waals surface area (Å²) in [4.78, 5) is 37.3. The fraction of sp³-hybridized carbons (Fsp3) is 0.786. The van der Waals surface area contributed by atoms with Crippen molar-refractivity contribution in [2.24, 2.45) is 5.92 Å². The van der Waals surface area contributed by atoms with E-state index in [4.69, 9.17) is 0 Å². The topological polar surface area (TPSA) is 78.5 Å². The maximum absolute atomic E-state index is 12.3. The molecule has 2 saturated heterocycles. The summed E-state index contributed by atoms with van der Waals surface area (Å²) in [6.07, 6.45) is 4.74. The highest BCUT2D eigenvalue weighted by atomic mass is 16.2. The van der Waals surface area contributed by atoms with Gasteiger partial charge in [-0.2, -0.15) is 0 Å². The van der Waals surface area contributed by atoms with Crippen LogP contribution >= 0.6 is 0 Å². The Kier molecular flexibility index (Phi) is 3.63. The fourth-order valence-corrected chi connectivity index (χ4v) is 3.02. The molecule has 2 N–H and O–H groups in total. The lowest BCUT2D eigenvalue weighted by molar-refractivity contribution is -0.139. The molecule has 0 bridgehead atoms. The zero-order chi connectivity index (χ0) is 14.1. The summed E-state index contributed by atoms with van der Waals surface area (Å²) in [6.45, 7) is 1.20. The first kappa shape index (κ1) is 13.4. The van der Waals surface area contributed by atoms with Crippen LogP contribution in [0.5, 0.6) is 0 Å². The Hall–Kier alpha value is -1.59. The number of piperidine rings is 1. The Morgan fingerprint density at radius 3 is 2.65 bits per heavy atom. The summed E-state index contributed by atoms with van der Waals surface area (Å²) in [6, 6.07) is -0.306. The van der Waals surface area contributed by atoms with Crippen molar-refractivity contribution in [1.29, 1.82) is 0 Å². The quantitative estimate of drug-likeness (QED) is 0.750. The molecule has 6 heteroatoms. The number of hydrogen-bond donors (Lipinski definition) is 2. The second-order valence-corrected chi connectivity index (χ2v) is 6.01. The van der Waals surface area contributed by atoms with Crippen LogP contribution in [0.1, 0.15) is 38.5 Å². The highest BCUT2D eigenvalue weighted by Crippen LogP contribution is 2.33. The smallest absolute Gasteiger partial charge is 0.243 e. The third kappa shape index (κ3) is 2.78. The van der Waals surface area contributed by atoms with Crippen LogP contribution in [0, 0.1) is 5.92 Å². The van der Waals surface area contributed by atoms with Gasteiger partial charge < -0.3 is 15.5 Å². The molecular weight excluding hydrogens is 258 g/mol. The van der Waals surface area contributed by atoms with Gasteiger partial charge in [0.25, 0.3) is 0 Å². The van der Waals surface area contributed by atoms with Crippen LogP contribution in [0.3, 0.4) is 0 Å². The molecule has 0 radical (unpaired) electrons. The Morgan fingerprint density at radius 1 is 1.20 bits per heavy atom. The van der Waals surface area contributed by atoms with Crippen molar-refractivity contribution < 1.29 is 14.4 Å². The Morgan fingerprint density at radius 2 is 2.00 bits per heavy atom. The van der Waals surface area contributed by atoms with E-state index < -0.39 is 0 Å². The Balaban J connectivity index is 1.55. The lowest BCUT2D eigenvalue weighted by Gasteiger charge is -2.28. The zero-order valence-corrected chi connectivity index (χ0v) is 11.6. The van der Waals surface area contributed by atoms with Gasteiger partial charge in [-0.1, -0.05) is 0 Å². The summed E-state index contributed by atoms with van der Waals surface area (Å²) in [5, 5.41) is 5.73. The lowest BCUT2D eigenvalue weighted by atomic mass is 10.1. The van der Waals surface area contributed by atoms with E-state index >= 15 is 0 Å². The number of rotatable bonds is 3. The van der Waals surface area contributed by atoms with Crippen LogP contribution < -0.4 is 10.6 Å². The third-order valence-corrected chi connectivity index (χ3v) is 4.38. The van der Waals surface area contributed by atoms with Crippen LogP contribution in [0.2, 0.25) is 0 Å². The van der Waals surface area contributed by atoms with Crippen molar-refractivity contribution in [3.8, 4) is 0 Å². The van der Waals surface area contributed by atoms with Crippen LogP contribution in [0.4, 0.5) is 0 Å². The molecule has 0 aromatic rings. The minimum atomic E-state index is -0.305. The molecule has 0 aromatic carbocycles. The predicted molar refractivity (Wildman–Crippen MR) is 71.6 cm³/mol. The third-order valence-electron chi connectivity index (χ3n) is 4.38. The number of hydrogen-bond acceptors (Lipinski definition) is 3. The van der Waals surface area contributed by atoms with Crippen LogP contribution in [-0.4, -0.2) is 47.8 Å². The van der Waals surface area contributed by atoms with Gasteiger partial charge in [0, 0.05) is 31.5 Å². The summed E-state index contributed by atoms with van der Waals surface area (Å²) in [7, 11) is 0. The highest BCUT2D eigenvalue weighted by molar-refractivity contribution is 5.90. The van der Waals surface area contributed by atoms with Gasteiger partial charge in [-0.15, -0.1) is 0 Å². The number of likely N-dealkylation sites (tertiary alicyclic amines) is 1. The first-order valence-corrected chi connectivity index (χ1v) is 7.52. The molecule has 0 aromatic heterocycles. The molecule has 2 heterocycles. The van der Waals surface area contributed by atoms with Crippen molar-refractivity contribution in [1.82, 2.24) is 15.5 Å². The maximum atomic E-state index is 12.3. The number of carbonyl (C=O) groups excluding carboxylic acids is 3. The minimum Gasteiger partial charge on any atom is -0.354 e. The fourth-order valence-electron chi connectivity index (χ4n) is 3.02. The molecule has 6 nitrogen and oxygen atoms in total. The second kappa shape index (κ2) is 5.42. The number of nitrogens with zero attached hydrogens (tertiary/aromatic N) is 1. The lowest BCUT2D eigenvalue weighted by Crippen LogP contribution is -2.53. The average Bonchev–Trinajstić information content (AvgIpc) is 3.17. The van der Waals surface area contributed by atoms with Crippen molar-refractivity contribution in [2.75, 3.05) is 13.1 Å². The van der Waals surface area contributed by atoms with E-state index in [0.717, 1.165) is 25.7 Å². The molecular formula is C14H21N3O3. The molecule has 2 atom stereocenters. The van der Waals surface area contributed by atoms with Crippen LogP contribution in [0.15, 0.2) is 0 Å². The summed E-state index contributed by atoms with van der Waals surface area (Å²) >= 11 is 0. The van der Waals surface area contributed by atoms with E-state index in [1.807, 2.05) is 0 Å². The van der Waals surface area contributed by atoms with Crippen LogP contribution in [0.25, 0.3) is 0 Å². The molecule has 3 fully saturated rings. The van der Waals surface area contributed by atoms with E-state index in [1.54, 1.807) is 4.90 Å². The van der Waals surface area contributed by atoms with Gasteiger partial charge in [0.1, 0.15) is 6.04 Å². The van der Waals surface area contributed by atoms with E-state index in [9.17, 15) is 14.4 Å². The van der Waals surface area contributed by atoms with Gasteiger partial charge in [0.05, 0.1) is 0 Å². The maximum Gasteiger partial charge on any atom is 0.243 e. The van der Waals surface area contributed by atoms with Crippen molar-refractivity contribution in [2.45, 2.75) is 50.6 Å². The Bertz CT molecular complexity index is 423. The van der Waals surface area contributed by atoms with Gasteiger partial charge >= 0.3 is 0 Å². The molecule has 3 amide bonds. The minimum absolute atomic E-state index is 0.00122. The molecule has 0 spiro atoms. The van der Waals surface area contributed by atoms with Gasteiger partial charge in [-0.3, -0.25) is 14.4 Å². The Labute approximate surface area is 118 Å². The predicted octanol–water partition coefficient (Wildman–Crippen LogP) is -0.218. The molecule has 2 aliphatic heterocycles. The summed E-state index contributed by atoms with van der Waals surface area (Å²) in [5.74, 6) is 0.302. The van der Waals surface area contributed by atoms with E-state index in [-0.39, 0.29) is 35.7 Å². The van der Waals surface area contributed by atoms with Gasteiger partial charge in [-0.05, 0) is 32.1 Å². The molecule has 110 valence electrons. The second-order valence-electron chi connectivity index (χ2n) is 6.01.